The fourth-order valence-corrected chi connectivity index (χ4v) is 0.460. The number of aliphatic imine (C=N–C) groups is 3. The smallest absolute Gasteiger partial charge is 0.188 e. The van der Waals surface area contributed by atoms with Gasteiger partial charge in [-0.15, -0.1) is 12.3 Å². The molecule has 0 saturated heterocycles. The van der Waals surface area contributed by atoms with Crippen LogP contribution in [0.25, 0.3) is 0 Å². The van der Waals surface area contributed by atoms with Gasteiger partial charge in [0.2, 0.25) is 0 Å². The SMILES string of the molecule is C#CC.C/C(N)=N/O.CC(C)=O.CCN(C)C.CCNC(N)=NC.CN=C(C)N.CN=C(C)N(C)C. The van der Waals surface area contributed by atoms with Crippen molar-refractivity contribution in [1.29, 1.82) is 0 Å². The van der Waals surface area contributed by atoms with Gasteiger partial charge in [0.15, 0.2) is 5.96 Å². The fraction of sp³-hybridized carbons (Fsp3) is 0.708. The van der Waals surface area contributed by atoms with E-state index in [1.165, 1.54) is 20.8 Å². The first-order valence-electron chi connectivity index (χ1n) is 11.1. The van der Waals surface area contributed by atoms with Gasteiger partial charge in [0.05, 0.1) is 11.7 Å². The van der Waals surface area contributed by atoms with Gasteiger partial charge in [-0.1, -0.05) is 12.1 Å². The first-order valence-corrected chi connectivity index (χ1v) is 11.1. The summed E-state index contributed by atoms with van der Waals surface area (Å²) in [6, 6.07) is 0. The summed E-state index contributed by atoms with van der Waals surface area (Å²) in [5.74, 6) is 4.79. The summed E-state index contributed by atoms with van der Waals surface area (Å²) in [5, 5.41) is 13.0. The molecule has 36 heavy (non-hydrogen) atoms. The van der Waals surface area contributed by atoms with Crippen molar-refractivity contribution < 1.29 is 10.0 Å². The van der Waals surface area contributed by atoms with Gasteiger partial charge in [-0.2, -0.15) is 0 Å². The van der Waals surface area contributed by atoms with E-state index in [0.717, 1.165) is 18.9 Å². The van der Waals surface area contributed by atoms with Gasteiger partial charge < -0.3 is 42.3 Å². The predicted molar refractivity (Wildman–Crippen MR) is 161 cm³/mol. The maximum atomic E-state index is 9.44. The van der Waals surface area contributed by atoms with E-state index in [2.05, 4.69) is 63.7 Å². The zero-order valence-corrected chi connectivity index (χ0v) is 25.8. The Labute approximate surface area is 222 Å². The highest BCUT2D eigenvalue weighted by Crippen LogP contribution is 1.76. The van der Waals surface area contributed by atoms with Crippen LogP contribution < -0.4 is 22.5 Å². The Hall–Kier alpha value is -3.33. The standard InChI is InChI=1S/C5H12N2.C4H11N3.C4H11N.C3H8N2.C3H6O.C3H4.C2H6N2O/c1-5(6-2)7(3)4;1-3-7-4(5)6-2;1-4-5(2)3;1-3(4)5-2;1-3(2)4;1-3-2;1-2(3)4-5/h1-4H3;3H2,1-2H3,(H3,5,6,7);4H2,1-3H3;1-2H3,(H2,4,5);1-2H3;1H,2H3;5H,1H3,(H2,3,4). The number of hydrogen-bond acceptors (Lipinski definition) is 7. The average Bonchev–Trinajstić information content (AvgIpc) is 2.80. The normalized spacial score (nSPS) is 10.1. The van der Waals surface area contributed by atoms with E-state index in [1.807, 2.05) is 32.8 Å². The van der Waals surface area contributed by atoms with Crippen molar-refractivity contribution >= 4 is 29.2 Å². The highest BCUT2D eigenvalue weighted by molar-refractivity contribution is 5.79. The summed E-state index contributed by atoms with van der Waals surface area (Å²) in [5.41, 5.74) is 15.1. The van der Waals surface area contributed by atoms with Crippen LogP contribution in [-0.4, -0.2) is 107 Å². The summed E-state index contributed by atoms with van der Waals surface area (Å²) < 4.78 is 0. The zero-order chi connectivity index (χ0) is 30.7. The maximum absolute atomic E-state index is 9.44. The first-order chi connectivity index (χ1) is 16.4. The van der Waals surface area contributed by atoms with Crippen molar-refractivity contribution in [2.24, 2.45) is 37.3 Å². The number of hydrogen-bond donors (Lipinski definition) is 5. The second-order valence-electron chi connectivity index (χ2n) is 7.00. The maximum Gasteiger partial charge on any atom is 0.188 e. The Morgan fingerprint density at radius 3 is 1.19 bits per heavy atom. The molecule has 0 bridgehead atoms. The number of rotatable bonds is 2. The van der Waals surface area contributed by atoms with Gasteiger partial charge in [-0.25, -0.2) is 0 Å². The van der Waals surface area contributed by atoms with E-state index >= 15 is 0 Å². The molecule has 216 valence electrons. The summed E-state index contributed by atoms with van der Waals surface area (Å²) >= 11 is 0. The number of nitrogens with one attached hydrogen (secondary N) is 1. The van der Waals surface area contributed by atoms with Crippen LogP contribution in [0.3, 0.4) is 0 Å². The number of carbonyl (C=O) groups is 1. The van der Waals surface area contributed by atoms with Gasteiger partial charge >= 0.3 is 0 Å². The van der Waals surface area contributed by atoms with Crippen LogP contribution in [0.5, 0.6) is 0 Å². The highest BCUT2D eigenvalue weighted by atomic mass is 16.4. The molecule has 0 amide bonds. The summed E-state index contributed by atoms with van der Waals surface area (Å²) in [7, 11) is 13.2. The van der Waals surface area contributed by atoms with E-state index in [-0.39, 0.29) is 11.6 Å². The molecular formula is C24H58N10O2. The molecule has 0 aromatic rings. The first kappa shape index (κ1) is 49.7. The van der Waals surface area contributed by atoms with Crippen LogP contribution in [0, 0.1) is 12.3 Å². The topological polar surface area (TPSA) is 183 Å². The highest BCUT2D eigenvalue weighted by Gasteiger charge is 1.85. The second kappa shape index (κ2) is 45.2. The molecule has 0 aliphatic heterocycles. The minimum Gasteiger partial charge on any atom is -0.409 e. The number of guanidine groups is 1. The minimum atomic E-state index is 0.167. The number of oxime groups is 1. The number of amidine groups is 3. The Balaban J connectivity index is -0.0000000554. The van der Waals surface area contributed by atoms with E-state index < -0.39 is 0 Å². The van der Waals surface area contributed by atoms with Crippen molar-refractivity contribution in [2.75, 3.05) is 62.4 Å². The Morgan fingerprint density at radius 2 is 1.17 bits per heavy atom. The molecule has 0 saturated carbocycles. The Morgan fingerprint density at radius 1 is 0.889 bits per heavy atom. The molecule has 0 heterocycles. The molecule has 0 spiro atoms. The minimum absolute atomic E-state index is 0.167. The summed E-state index contributed by atoms with van der Waals surface area (Å²) in [6.45, 7) is 16.0. The van der Waals surface area contributed by atoms with Gasteiger partial charge in [0.1, 0.15) is 11.6 Å². The molecule has 12 nitrogen and oxygen atoms in total. The molecule has 0 aromatic carbocycles. The molecule has 0 aromatic heterocycles. The number of Topliss-reactive ketones (excluding diaryl/α,β-unsaturated/α-hetero) is 1. The lowest BCUT2D eigenvalue weighted by molar-refractivity contribution is -0.115. The molecular weight excluding hydrogens is 460 g/mol. The predicted octanol–water partition coefficient (Wildman–Crippen LogP) is 1.69. The van der Waals surface area contributed by atoms with Crippen LogP contribution in [0.1, 0.15) is 55.4 Å². The zero-order valence-electron chi connectivity index (χ0n) is 25.8. The third-order valence-corrected chi connectivity index (χ3v) is 2.71. The van der Waals surface area contributed by atoms with Gasteiger partial charge in [0.25, 0.3) is 0 Å². The second-order valence-corrected chi connectivity index (χ2v) is 7.00. The van der Waals surface area contributed by atoms with Gasteiger partial charge in [0, 0.05) is 41.8 Å². The van der Waals surface area contributed by atoms with Crippen molar-refractivity contribution in [1.82, 2.24) is 15.1 Å². The lowest BCUT2D eigenvalue weighted by Gasteiger charge is -2.08. The molecule has 0 atom stereocenters. The van der Waals surface area contributed by atoms with Crippen LogP contribution in [0.2, 0.25) is 0 Å². The van der Waals surface area contributed by atoms with Gasteiger partial charge in [-0.3, -0.25) is 15.0 Å². The van der Waals surface area contributed by atoms with E-state index in [9.17, 15) is 4.79 Å². The largest absolute Gasteiger partial charge is 0.409 e. The van der Waals surface area contributed by atoms with Crippen LogP contribution >= 0.6 is 0 Å². The number of ketones is 1. The summed E-state index contributed by atoms with van der Waals surface area (Å²) in [6.07, 6.45) is 4.60. The monoisotopic (exact) mass is 518 g/mol. The number of nitrogens with zero attached hydrogens (tertiary/aromatic N) is 6. The lowest BCUT2D eigenvalue weighted by Crippen LogP contribution is -2.30. The van der Waals surface area contributed by atoms with E-state index in [1.54, 1.807) is 35.0 Å². The van der Waals surface area contributed by atoms with Crippen LogP contribution in [0.15, 0.2) is 20.1 Å². The molecule has 0 aliphatic rings. The fourth-order valence-electron chi connectivity index (χ4n) is 0.460. The third-order valence-electron chi connectivity index (χ3n) is 2.71. The van der Waals surface area contributed by atoms with E-state index in [0.29, 0.717) is 11.8 Å². The molecule has 0 radical (unpaired) electrons. The quantitative estimate of drug-likeness (QED) is 0.120. The molecule has 12 heteroatoms. The van der Waals surface area contributed by atoms with Crippen molar-refractivity contribution in [3.8, 4) is 12.3 Å². The Bertz CT molecular complexity index is 579. The lowest BCUT2D eigenvalue weighted by atomic mass is 10.6. The van der Waals surface area contributed by atoms with E-state index in [4.69, 9.17) is 22.4 Å². The van der Waals surface area contributed by atoms with Gasteiger partial charge in [-0.05, 0) is 69.1 Å². The van der Waals surface area contributed by atoms with Crippen molar-refractivity contribution in [3.05, 3.63) is 0 Å². The number of carbonyl (C=O) groups excluding carboxylic acids is 1. The molecule has 0 rings (SSSR count). The van der Waals surface area contributed by atoms with Crippen LogP contribution in [0.4, 0.5) is 0 Å². The number of nitrogens with two attached hydrogens (primary N) is 3. The number of terminal acetylenes is 1. The summed E-state index contributed by atoms with van der Waals surface area (Å²) in [4.78, 5) is 24.7. The average molecular weight is 519 g/mol. The van der Waals surface area contributed by atoms with Crippen molar-refractivity contribution in [2.45, 2.75) is 55.4 Å². The molecule has 0 fully saturated rings. The third kappa shape index (κ3) is 144. The molecule has 0 unspecified atom stereocenters. The molecule has 0 aliphatic carbocycles. The molecule has 8 N–H and O–H groups in total. The van der Waals surface area contributed by atoms with Crippen molar-refractivity contribution in [3.63, 3.8) is 0 Å². The van der Waals surface area contributed by atoms with Crippen LogP contribution in [-0.2, 0) is 4.79 Å². The Kier molecular flexibility index (Phi) is 62.4.